The minimum absolute atomic E-state index is 0.0756. The number of imidazole rings is 1. The first-order chi connectivity index (χ1) is 18.2. The highest BCUT2D eigenvalue weighted by Gasteiger charge is 2.28. The van der Waals surface area contributed by atoms with E-state index in [0.29, 0.717) is 39.3 Å². The van der Waals surface area contributed by atoms with E-state index in [9.17, 15) is 14.3 Å². The maximum absolute atomic E-state index is 14.8. The van der Waals surface area contributed by atoms with E-state index in [0.717, 1.165) is 36.8 Å². The Bertz CT molecular complexity index is 1610. The minimum Gasteiger partial charge on any atom is -0.491 e. The molecule has 0 aliphatic heterocycles. The Kier molecular flexibility index (Phi) is 6.75. The number of aromatic nitrogens is 4. The second-order valence-electron chi connectivity index (χ2n) is 10.1. The van der Waals surface area contributed by atoms with Crippen LogP contribution in [0.3, 0.4) is 0 Å². The first-order valence-corrected chi connectivity index (χ1v) is 12.8. The quantitative estimate of drug-likeness (QED) is 0.213. The normalized spacial score (nSPS) is 16.4. The molecule has 4 aromatic rings. The van der Waals surface area contributed by atoms with E-state index in [-0.39, 0.29) is 23.9 Å². The fourth-order valence-electron chi connectivity index (χ4n) is 5.39. The highest BCUT2D eigenvalue weighted by atomic mass is 19.1. The predicted octanol–water partition coefficient (Wildman–Crippen LogP) is 4.22. The lowest BCUT2D eigenvalue weighted by Crippen LogP contribution is -2.24. The lowest BCUT2D eigenvalue weighted by molar-refractivity contribution is 0.123. The summed E-state index contributed by atoms with van der Waals surface area (Å²) < 4.78 is 23.9. The molecule has 200 valence electrons. The fraction of sp³-hybridized carbons (Fsp3) is 0.357. The Labute approximate surface area is 219 Å². The number of aryl methyl sites for hydroxylation is 1. The van der Waals surface area contributed by atoms with E-state index in [4.69, 9.17) is 16.2 Å². The van der Waals surface area contributed by atoms with Crippen molar-refractivity contribution in [1.82, 2.24) is 19.1 Å². The van der Waals surface area contributed by atoms with Gasteiger partial charge in [-0.05, 0) is 50.5 Å². The highest BCUT2D eigenvalue weighted by Crippen LogP contribution is 2.42. The second kappa shape index (κ2) is 10.0. The Morgan fingerprint density at radius 1 is 1.29 bits per heavy atom. The molecule has 0 radical (unpaired) electrons. The molecule has 0 bridgehead atoms. The Balaban J connectivity index is 1.85. The number of hydrogen-bond donors (Lipinski definition) is 4. The number of pyridine rings is 1. The van der Waals surface area contributed by atoms with Gasteiger partial charge in [-0.2, -0.15) is 4.39 Å². The van der Waals surface area contributed by atoms with Crippen molar-refractivity contribution in [2.45, 2.75) is 51.7 Å². The molecule has 1 fully saturated rings. The van der Waals surface area contributed by atoms with Gasteiger partial charge >= 0.3 is 5.69 Å². The average molecular weight is 521 g/mol. The number of aliphatic hydroxyl groups is 1. The third-order valence-electron chi connectivity index (χ3n) is 7.09. The lowest BCUT2D eigenvalue weighted by atomic mass is 9.97. The summed E-state index contributed by atoms with van der Waals surface area (Å²) in [6, 6.07) is 7.36. The first kappa shape index (κ1) is 25.6. The van der Waals surface area contributed by atoms with E-state index in [1.165, 1.54) is 6.08 Å². The molecular weight excluding hydrogens is 487 g/mol. The van der Waals surface area contributed by atoms with Gasteiger partial charge in [-0.15, -0.1) is 0 Å². The van der Waals surface area contributed by atoms with Gasteiger partial charge < -0.3 is 26.3 Å². The maximum atomic E-state index is 14.8. The summed E-state index contributed by atoms with van der Waals surface area (Å²) in [5, 5.41) is 10.3. The predicted molar refractivity (Wildman–Crippen MR) is 147 cm³/mol. The van der Waals surface area contributed by atoms with Crippen molar-refractivity contribution in [2.75, 3.05) is 6.61 Å². The molecule has 1 aromatic carbocycles. The van der Waals surface area contributed by atoms with Crippen LogP contribution in [0, 0.1) is 0 Å². The van der Waals surface area contributed by atoms with Crippen LogP contribution in [0.1, 0.15) is 51.3 Å². The number of nitrogens with two attached hydrogens (primary N) is 2. The molecule has 3 heterocycles. The van der Waals surface area contributed by atoms with Crippen LogP contribution < -0.4 is 21.9 Å². The molecule has 3 aromatic heterocycles. The van der Waals surface area contributed by atoms with Gasteiger partial charge in [0, 0.05) is 24.4 Å². The molecular formula is C28H33FN6O3. The molecule has 1 atom stereocenters. The number of hydrogen-bond acceptors (Lipinski definition) is 6. The number of rotatable bonds is 7. The molecule has 6 N–H and O–H groups in total. The number of benzene rings is 1. The summed E-state index contributed by atoms with van der Waals surface area (Å²) in [7, 11) is 1.75. The Morgan fingerprint density at radius 2 is 1.97 bits per heavy atom. The molecule has 0 saturated heterocycles. The van der Waals surface area contributed by atoms with Crippen molar-refractivity contribution in [2.24, 2.45) is 18.5 Å². The van der Waals surface area contributed by atoms with Crippen LogP contribution in [0.25, 0.3) is 38.8 Å². The second-order valence-corrected chi connectivity index (χ2v) is 10.1. The first-order valence-electron chi connectivity index (χ1n) is 12.8. The van der Waals surface area contributed by atoms with Crippen molar-refractivity contribution in [3.63, 3.8) is 0 Å². The van der Waals surface area contributed by atoms with E-state index in [1.54, 1.807) is 43.8 Å². The van der Waals surface area contributed by atoms with Crippen LogP contribution in [0.15, 0.2) is 53.0 Å². The summed E-state index contributed by atoms with van der Waals surface area (Å²) in [4.78, 5) is 21.4. The van der Waals surface area contributed by atoms with Crippen molar-refractivity contribution in [1.29, 1.82) is 0 Å². The van der Waals surface area contributed by atoms with Crippen molar-refractivity contribution < 1.29 is 14.2 Å². The summed E-state index contributed by atoms with van der Waals surface area (Å²) in [6.45, 7) is 3.47. The zero-order valence-corrected chi connectivity index (χ0v) is 21.8. The molecule has 38 heavy (non-hydrogen) atoms. The SMILES string of the molecule is C/C(N)=C/C(=C(N)F)c1[nH]c2ncc3c(c2c1-c1ccc(OC[C@@H](C)O)cc1)n(C1CCCC1)c(=O)n3C. The monoisotopic (exact) mass is 520 g/mol. The molecule has 0 unspecified atom stereocenters. The zero-order chi connectivity index (χ0) is 27.1. The van der Waals surface area contributed by atoms with Gasteiger partial charge in [-0.1, -0.05) is 25.0 Å². The summed E-state index contributed by atoms with van der Waals surface area (Å²) in [6.07, 6.45) is 6.51. The molecule has 9 nitrogen and oxygen atoms in total. The molecule has 5 rings (SSSR count). The van der Waals surface area contributed by atoms with E-state index in [1.807, 2.05) is 16.7 Å². The highest BCUT2D eigenvalue weighted by molar-refractivity contribution is 6.13. The van der Waals surface area contributed by atoms with Gasteiger partial charge in [0.1, 0.15) is 18.0 Å². The Morgan fingerprint density at radius 3 is 2.58 bits per heavy atom. The topological polar surface area (TPSA) is 137 Å². The number of H-pyrrole nitrogens is 1. The molecule has 0 amide bonds. The molecule has 1 aliphatic rings. The Hall–Kier alpha value is -4.05. The van der Waals surface area contributed by atoms with Gasteiger partial charge in [0.25, 0.3) is 0 Å². The molecule has 1 aliphatic carbocycles. The van der Waals surface area contributed by atoms with Crippen molar-refractivity contribution >= 4 is 27.6 Å². The van der Waals surface area contributed by atoms with Crippen LogP contribution in [-0.4, -0.2) is 36.9 Å². The number of halogens is 1. The minimum atomic E-state index is -0.892. The lowest BCUT2D eigenvalue weighted by Gasteiger charge is -2.13. The number of ether oxygens (including phenoxy) is 1. The van der Waals surface area contributed by atoms with E-state index in [2.05, 4.69) is 9.97 Å². The number of nitrogens with zero attached hydrogens (tertiary/aromatic N) is 3. The van der Waals surface area contributed by atoms with Gasteiger partial charge in [0.05, 0.1) is 40.0 Å². The number of nitrogens with one attached hydrogen (secondary N) is 1. The van der Waals surface area contributed by atoms with E-state index >= 15 is 0 Å². The largest absolute Gasteiger partial charge is 0.491 e. The summed E-state index contributed by atoms with van der Waals surface area (Å²) in [5.74, 6) is -0.308. The van der Waals surface area contributed by atoms with Crippen LogP contribution in [0.5, 0.6) is 5.75 Å². The standard InChI is InChI=1S/C28H33FN6O3/c1-15(30)12-20(26(29)31)24-22(17-8-10-19(11-9-17)38-14-16(2)36)23-25-21(13-32-27(23)33-24)34(3)28(37)35(25)18-6-4-5-7-18/h8-13,16,18,36H,4-7,14,30-31H2,1-3H3,(H,32,33)/b15-12-,26-20?/t16-/m1/s1. The summed E-state index contributed by atoms with van der Waals surface area (Å²) >= 11 is 0. The van der Waals surface area contributed by atoms with E-state index < -0.39 is 12.1 Å². The van der Waals surface area contributed by atoms with Crippen molar-refractivity contribution in [3.05, 3.63) is 64.4 Å². The van der Waals surface area contributed by atoms with Gasteiger partial charge in [0.2, 0.25) is 0 Å². The third kappa shape index (κ3) is 4.45. The number of allylic oxidation sites excluding steroid dienone is 3. The fourth-order valence-corrected chi connectivity index (χ4v) is 5.39. The molecule has 10 heteroatoms. The van der Waals surface area contributed by atoms with Crippen LogP contribution in [0.4, 0.5) is 4.39 Å². The van der Waals surface area contributed by atoms with Crippen molar-refractivity contribution in [3.8, 4) is 16.9 Å². The molecule has 1 saturated carbocycles. The summed E-state index contributed by atoms with van der Waals surface area (Å²) in [5.41, 5.74) is 15.8. The van der Waals surface area contributed by atoms with Crippen LogP contribution >= 0.6 is 0 Å². The number of aliphatic hydroxyl groups excluding tert-OH is 1. The third-order valence-corrected chi connectivity index (χ3v) is 7.09. The number of aromatic amines is 1. The van der Waals surface area contributed by atoms with Gasteiger partial charge in [-0.25, -0.2) is 9.78 Å². The van der Waals surface area contributed by atoms with Crippen LogP contribution in [0.2, 0.25) is 0 Å². The van der Waals surface area contributed by atoms with Gasteiger partial charge in [-0.3, -0.25) is 9.13 Å². The zero-order valence-electron chi connectivity index (χ0n) is 21.8. The van der Waals surface area contributed by atoms with Gasteiger partial charge in [0.15, 0.2) is 5.95 Å². The maximum Gasteiger partial charge on any atom is 0.329 e. The molecule has 0 spiro atoms. The average Bonchev–Trinajstić information content (AvgIpc) is 3.59. The smallest absolute Gasteiger partial charge is 0.329 e. The van der Waals surface area contributed by atoms with Crippen LogP contribution in [-0.2, 0) is 7.05 Å². The number of fused-ring (bicyclic) bond motifs is 3.